The molecule has 0 saturated carbocycles. The van der Waals surface area contributed by atoms with Crippen LogP contribution in [0.5, 0.6) is 0 Å². The van der Waals surface area contributed by atoms with Crippen LogP contribution in [0.3, 0.4) is 0 Å². The summed E-state index contributed by atoms with van der Waals surface area (Å²) in [6.07, 6.45) is 3.47. The van der Waals surface area contributed by atoms with E-state index in [9.17, 15) is 4.21 Å². The molecule has 0 aromatic heterocycles. The average molecular weight is 422 g/mol. The lowest BCUT2D eigenvalue weighted by Gasteiger charge is -2.18. The molecule has 4 heteroatoms. The van der Waals surface area contributed by atoms with E-state index in [0.29, 0.717) is 5.02 Å². The lowest BCUT2D eigenvalue weighted by Crippen LogP contribution is -2.25. The van der Waals surface area contributed by atoms with Gasteiger partial charge in [0.05, 0.1) is 16.8 Å². The zero-order chi connectivity index (χ0) is 20.4. The number of para-hydroxylation sites is 1. The number of allylic oxidation sites excluding steroid dienone is 1. The highest BCUT2D eigenvalue weighted by Gasteiger charge is 2.67. The Morgan fingerprint density at radius 2 is 1.69 bits per heavy atom. The van der Waals surface area contributed by atoms with E-state index in [0.717, 1.165) is 34.6 Å². The lowest BCUT2D eigenvalue weighted by atomic mass is 10.1. The molecular formula is C25H24ClNOS. The maximum atomic E-state index is 14.0. The molecule has 1 heterocycles. The summed E-state index contributed by atoms with van der Waals surface area (Å²) in [4.78, 5) is 2.64. The Labute approximate surface area is 180 Å². The molecule has 0 spiro atoms. The van der Waals surface area contributed by atoms with Gasteiger partial charge in [-0.25, -0.2) is 0 Å². The maximum absolute atomic E-state index is 14.0. The van der Waals surface area contributed by atoms with Crippen molar-refractivity contribution in [2.75, 3.05) is 4.90 Å². The van der Waals surface area contributed by atoms with Gasteiger partial charge >= 0.3 is 0 Å². The molecule has 2 nitrogen and oxygen atoms in total. The van der Waals surface area contributed by atoms with Crippen molar-refractivity contribution >= 4 is 28.1 Å². The standard InChI is InChI=1S/C25H24ClNOS/c1-3-4-18-25(29(28)23-16-10-19(2)11-17-23)24(20-12-14-21(26)15-13-20)27(25)22-8-6-5-7-9-22/h3,5-17,24H,1,4,18H2,2H3/t24-,25-,27?,29-/m1/s1. The molecule has 1 saturated heterocycles. The van der Waals surface area contributed by atoms with Gasteiger partial charge < -0.3 is 4.90 Å². The van der Waals surface area contributed by atoms with Crippen LogP contribution in [0.25, 0.3) is 0 Å². The molecule has 148 valence electrons. The number of rotatable bonds is 7. The molecule has 3 atom stereocenters. The average Bonchev–Trinajstić information content (AvgIpc) is 3.43. The minimum absolute atomic E-state index is 0.0178. The Bertz CT molecular complexity index is 1020. The van der Waals surface area contributed by atoms with Gasteiger partial charge in [0.15, 0.2) is 0 Å². The van der Waals surface area contributed by atoms with Gasteiger partial charge in [0, 0.05) is 15.6 Å². The normalized spacial score (nSPS) is 21.6. The van der Waals surface area contributed by atoms with E-state index in [4.69, 9.17) is 11.6 Å². The number of aryl methyl sites for hydroxylation is 1. The summed E-state index contributed by atoms with van der Waals surface area (Å²) in [5.74, 6) is 0. The van der Waals surface area contributed by atoms with Gasteiger partial charge in [0.1, 0.15) is 4.87 Å². The van der Waals surface area contributed by atoms with Crippen LogP contribution in [0.1, 0.15) is 30.0 Å². The van der Waals surface area contributed by atoms with E-state index in [1.165, 1.54) is 0 Å². The van der Waals surface area contributed by atoms with Crippen LogP contribution in [0, 0.1) is 6.92 Å². The second-order valence-electron chi connectivity index (χ2n) is 7.41. The van der Waals surface area contributed by atoms with Crippen molar-refractivity contribution in [1.82, 2.24) is 0 Å². The Balaban J connectivity index is 1.83. The van der Waals surface area contributed by atoms with Crippen LogP contribution in [0.2, 0.25) is 5.02 Å². The fraction of sp³-hybridized carbons (Fsp3) is 0.200. The zero-order valence-electron chi connectivity index (χ0n) is 16.4. The summed E-state index contributed by atoms with van der Waals surface area (Å²) in [5.41, 5.74) is 3.37. The van der Waals surface area contributed by atoms with Crippen LogP contribution >= 0.6 is 11.6 Å². The maximum Gasteiger partial charge on any atom is 0.146 e. The highest BCUT2D eigenvalue weighted by atomic mass is 35.5. The third-order valence-corrected chi connectivity index (χ3v) is 7.73. The third kappa shape index (κ3) is 3.65. The molecule has 0 radical (unpaired) electrons. The van der Waals surface area contributed by atoms with Crippen molar-refractivity contribution in [3.63, 3.8) is 0 Å². The number of hydrogen-bond acceptors (Lipinski definition) is 2. The summed E-state index contributed by atoms with van der Waals surface area (Å²) in [6.45, 7) is 5.95. The molecule has 0 bridgehead atoms. The largest absolute Gasteiger partial charge is 0.342 e. The summed E-state index contributed by atoms with van der Waals surface area (Å²) in [6, 6.07) is 26.2. The van der Waals surface area contributed by atoms with Gasteiger partial charge in [-0.3, -0.25) is 4.21 Å². The SMILES string of the molecule is C=CCC[C@@]1([S@](=O)c2ccc(C)cc2)[C@@H](c2ccc(Cl)cc2)N1c1ccccc1. The molecule has 0 amide bonds. The van der Waals surface area contributed by atoms with Gasteiger partial charge in [0.25, 0.3) is 0 Å². The van der Waals surface area contributed by atoms with Crippen LogP contribution < -0.4 is 4.90 Å². The van der Waals surface area contributed by atoms with E-state index in [-0.39, 0.29) is 6.04 Å². The van der Waals surface area contributed by atoms with Crippen molar-refractivity contribution in [2.45, 2.75) is 35.6 Å². The second kappa shape index (κ2) is 8.17. The predicted molar refractivity (Wildman–Crippen MR) is 123 cm³/mol. The van der Waals surface area contributed by atoms with Crippen LogP contribution in [0.15, 0.2) is 96.4 Å². The molecule has 0 N–H and O–H groups in total. The third-order valence-electron chi connectivity index (χ3n) is 5.51. The number of benzene rings is 3. The predicted octanol–water partition coefficient (Wildman–Crippen LogP) is 6.68. The molecule has 0 unspecified atom stereocenters. The molecule has 1 aliphatic rings. The summed E-state index contributed by atoms with van der Waals surface area (Å²) in [7, 11) is -1.21. The number of hydrogen-bond donors (Lipinski definition) is 0. The smallest absolute Gasteiger partial charge is 0.146 e. The molecular weight excluding hydrogens is 398 g/mol. The van der Waals surface area contributed by atoms with Gasteiger partial charge in [-0.15, -0.1) is 6.58 Å². The Morgan fingerprint density at radius 1 is 1.03 bits per heavy atom. The zero-order valence-corrected chi connectivity index (χ0v) is 18.0. The van der Waals surface area contributed by atoms with Crippen LogP contribution in [-0.4, -0.2) is 9.08 Å². The van der Waals surface area contributed by atoms with Gasteiger partial charge in [-0.05, 0) is 61.7 Å². The molecule has 3 aromatic rings. The molecule has 1 fully saturated rings. The summed E-state index contributed by atoms with van der Waals surface area (Å²) < 4.78 is 14.0. The van der Waals surface area contributed by atoms with Crippen molar-refractivity contribution in [3.8, 4) is 0 Å². The fourth-order valence-corrected chi connectivity index (χ4v) is 6.04. The molecule has 29 heavy (non-hydrogen) atoms. The minimum Gasteiger partial charge on any atom is -0.342 e. The highest BCUT2D eigenvalue weighted by molar-refractivity contribution is 7.87. The number of nitrogens with zero attached hydrogens (tertiary/aromatic N) is 1. The van der Waals surface area contributed by atoms with Crippen LogP contribution in [-0.2, 0) is 10.8 Å². The van der Waals surface area contributed by atoms with Gasteiger partial charge in [0.2, 0.25) is 0 Å². The Kier molecular flexibility index (Phi) is 5.62. The van der Waals surface area contributed by atoms with Crippen molar-refractivity contribution in [2.24, 2.45) is 0 Å². The van der Waals surface area contributed by atoms with E-state index < -0.39 is 15.7 Å². The van der Waals surface area contributed by atoms with E-state index in [1.54, 1.807) is 0 Å². The molecule has 0 aliphatic carbocycles. The molecule has 1 aliphatic heterocycles. The lowest BCUT2D eigenvalue weighted by molar-refractivity contribution is 0.650. The molecule has 3 aromatic carbocycles. The summed E-state index contributed by atoms with van der Waals surface area (Å²) in [5, 5.41) is 0.706. The fourth-order valence-electron chi connectivity index (χ4n) is 4.04. The second-order valence-corrected chi connectivity index (χ2v) is 9.57. The van der Waals surface area contributed by atoms with Gasteiger partial charge in [-0.1, -0.05) is 65.7 Å². The van der Waals surface area contributed by atoms with E-state index in [1.807, 2.05) is 79.7 Å². The summed E-state index contributed by atoms with van der Waals surface area (Å²) >= 11 is 6.13. The number of halogens is 1. The molecule has 4 rings (SSSR count). The Hall–Kier alpha value is -2.36. The van der Waals surface area contributed by atoms with Crippen LogP contribution in [0.4, 0.5) is 5.69 Å². The van der Waals surface area contributed by atoms with Crippen molar-refractivity contribution < 1.29 is 4.21 Å². The van der Waals surface area contributed by atoms with Crippen molar-refractivity contribution in [1.29, 1.82) is 0 Å². The van der Waals surface area contributed by atoms with Crippen molar-refractivity contribution in [3.05, 3.63) is 108 Å². The first-order valence-corrected chi connectivity index (χ1v) is 11.3. The first kappa shape index (κ1) is 19.9. The topological polar surface area (TPSA) is 20.1 Å². The first-order valence-electron chi connectivity index (χ1n) is 9.77. The van der Waals surface area contributed by atoms with E-state index >= 15 is 0 Å². The Morgan fingerprint density at radius 3 is 2.31 bits per heavy atom. The number of anilines is 1. The van der Waals surface area contributed by atoms with Gasteiger partial charge in [-0.2, -0.15) is 0 Å². The highest BCUT2D eigenvalue weighted by Crippen LogP contribution is 2.61. The first-order chi connectivity index (χ1) is 14.1. The minimum atomic E-state index is -1.21. The monoisotopic (exact) mass is 421 g/mol. The van der Waals surface area contributed by atoms with E-state index in [2.05, 4.69) is 23.6 Å². The quantitative estimate of drug-likeness (QED) is 0.313.